The van der Waals surface area contributed by atoms with E-state index in [9.17, 15) is 9.90 Å². The second kappa shape index (κ2) is 8.78. The zero-order valence-electron chi connectivity index (χ0n) is 14.2. The van der Waals surface area contributed by atoms with Crippen LogP contribution in [0.2, 0.25) is 0 Å². The van der Waals surface area contributed by atoms with Gasteiger partial charge >= 0.3 is 5.97 Å². The lowest BCUT2D eigenvalue weighted by Gasteiger charge is -2.05. The van der Waals surface area contributed by atoms with Crippen molar-refractivity contribution in [3.8, 4) is 5.75 Å². The SMILES string of the molecule is [CH2]Cc1cccc(/N=N/c2ccc(CCOC(=O)C(=C)C)cc2)c1O. The molecule has 2 rings (SSSR count). The van der Waals surface area contributed by atoms with Crippen LogP contribution < -0.4 is 0 Å². The fraction of sp³-hybridized carbons (Fsp3) is 0.200. The third kappa shape index (κ3) is 5.28. The van der Waals surface area contributed by atoms with Crippen molar-refractivity contribution in [3.63, 3.8) is 0 Å². The Morgan fingerprint density at radius 1 is 1.16 bits per heavy atom. The molecule has 0 saturated heterocycles. The summed E-state index contributed by atoms with van der Waals surface area (Å²) in [7, 11) is 0. The lowest BCUT2D eigenvalue weighted by atomic mass is 10.1. The fourth-order valence-corrected chi connectivity index (χ4v) is 2.09. The van der Waals surface area contributed by atoms with Crippen molar-refractivity contribution in [2.75, 3.05) is 6.61 Å². The third-order valence-corrected chi connectivity index (χ3v) is 3.55. The maximum absolute atomic E-state index is 11.3. The second-order valence-electron chi connectivity index (χ2n) is 5.57. The zero-order valence-corrected chi connectivity index (χ0v) is 14.2. The zero-order chi connectivity index (χ0) is 18.2. The predicted octanol–water partition coefficient (Wildman–Crippen LogP) is 4.85. The number of nitrogens with zero attached hydrogens (tertiary/aromatic N) is 2. The number of hydrogen-bond acceptors (Lipinski definition) is 5. The van der Waals surface area contributed by atoms with Gasteiger partial charge in [0.15, 0.2) is 0 Å². The lowest BCUT2D eigenvalue weighted by molar-refractivity contribution is -0.138. The monoisotopic (exact) mass is 337 g/mol. The Morgan fingerprint density at radius 2 is 1.88 bits per heavy atom. The maximum Gasteiger partial charge on any atom is 0.333 e. The van der Waals surface area contributed by atoms with Gasteiger partial charge in [-0.1, -0.05) is 30.8 Å². The van der Waals surface area contributed by atoms with Gasteiger partial charge in [0, 0.05) is 12.0 Å². The van der Waals surface area contributed by atoms with Gasteiger partial charge < -0.3 is 9.84 Å². The van der Waals surface area contributed by atoms with Crippen molar-refractivity contribution >= 4 is 17.3 Å². The first-order chi connectivity index (χ1) is 12.0. The van der Waals surface area contributed by atoms with E-state index in [2.05, 4.69) is 23.7 Å². The van der Waals surface area contributed by atoms with Crippen LogP contribution in [-0.2, 0) is 22.4 Å². The molecular formula is C20H21N2O3. The van der Waals surface area contributed by atoms with Crippen molar-refractivity contribution in [2.24, 2.45) is 10.2 Å². The van der Waals surface area contributed by atoms with Gasteiger partial charge in [0.05, 0.1) is 12.3 Å². The normalized spacial score (nSPS) is 10.8. The molecule has 0 atom stereocenters. The molecule has 1 N–H and O–H groups in total. The fourth-order valence-electron chi connectivity index (χ4n) is 2.09. The molecule has 0 bridgehead atoms. The molecule has 0 saturated carbocycles. The standard InChI is InChI=1S/C20H21N2O3/c1-4-16-6-5-7-18(19(16)23)22-21-17-10-8-15(9-11-17)12-13-25-20(24)14(2)3/h5-11,23H,1-2,4,12-13H2,3H3/b22-21+. The molecule has 0 fully saturated rings. The summed E-state index contributed by atoms with van der Waals surface area (Å²) < 4.78 is 5.06. The summed E-state index contributed by atoms with van der Waals surface area (Å²) in [6.07, 6.45) is 1.10. The highest BCUT2D eigenvalue weighted by atomic mass is 16.5. The van der Waals surface area contributed by atoms with Crippen molar-refractivity contribution in [3.05, 3.63) is 72.7 Å². The minimum Gasteiger partial charge on any atom is -0.505 e. The van der Waals surface area contributed by atoms with Crippen LogP contribution in [0.25, 0.3) is 0 Å². The summed E-state index contributed by atoms with van der Waals surface area (Å²) in [5.74, 6) is -0.271. The molecule has 5 heteroatoms. The smallest absolute Gasteiger partial charge is 0.333 e. The molecule has 0 heterocycles. The van der Waals surface area contributed by atoms with E-state index >= 15 is 0 Å². The molecule has 0 spiro atoms. The number of rotatable bonds is 7. The largest absolute Gasteiger partial charge is 0.505 e. The number of esters is 1. The number of azo groups is 1. The van der Waals surface area contributed by atoms with Crippen LogP contribution in [0.4, 0.5) is 11.4 Å². The van der Waals surface area contributed by atoms with E-state index in [1.54, 1.807) is 19.1 Å². The highest BCUT2D eigenvalue weighted by molar-refractivity contribution is 5.86. The molecule has 2 aromatic rings. The lowest BCUT2D eigenvalue weighted by Crippen LogP contribution is -2.07. The van der Waals surface area contributed by atoms with Crippen molar-refractivity contribution in [1.82, 2.24) is 0 Å². The van der Waals surface area contributed by atoms with Gasteiger partial charge in [0.25, 0.3) is 0 Å². The number of phenols is 1. The number of aromatic hydroxyl groups is 1. The summed E-state index contributed by atoms with van der Waals surface area (Å²) in [6, 6.07) is 12.7. The summed E-state index contributed by atoms with van der Waals surface area (Å²) >= 11 is 0. The number of phenolic OH excluding ortho intramolecular Hbond substituents is 1. The number of para-hydroxylation sites is 1. The van der Waals surface area contributed by atoms with Gasteiger partial charge in [-0.2, -0.15) is 5.11 Å². The average Bonchev–Trinajstić information content (AvgIpc) is 2.61. The van der Waals surface area contributed by atoms with Crippen LogP contribution in [0.5, 0.6) is 5.75 Å². The van der Waals surface area contributed by atoms with E-state index in [4.69, 9.17) is 4.74 Å². The highest BCUT2D eigenvalue weighted by Gasteiger charge is 2.05. The van der Waals surface area contributed by atoms with Gasteiger partial charge in [0.2, 0.25) is 0 Å². The maximum atomic E-state index is 11.3. The van der Waals surface area contributed by atoms with Crippen molar-refractivity contribution < 1.29 is 14.6 Å². The van der Waals surface area contributed by atoms with Gasteiger partial charge in [-0.25, -0.2) is 4.79 Å². The van der Waals surface area contributed by atoms with Crippen LogP contribution >= 0.6 is 0 Å². The highest BCUT2D eigenvalue weighted by Crippen LogP contribution is 2.31. The number of ether oxygens (including phenoxy) is 1. The Kier molecular flexibility index (Phi) is 6.46. The van der Waals surface area contributed by atoms with E-state index in [1.165, 1.54) is 0 Å². The number of carbonyl (C=O) groups excluding carboxylic acids is 1. The Labute approximate surface area is 147 Å². The van der Waals surface area contributed by atoms with E-state index < -0.39 is 0 Å². The van der Waals surface area contributed by atoms with E-state index in [1.807, 2.05) is 30.3 Å². The minimum absolute atomic E-state index is 0.109. The quantitative estimate of drug-likeness (QED) is 0.446. The molecular weight excluding hydrogens is 316 g/mol. The summed E-state index contributed by atoms with van der Waals surface area (Å²) in [5.41, 5.74) is 3.23. The van der Waals surface area contributed by atoms with E-state index in [-0.39, 0.29) is 11.7 Å². The van der Waals surface area contributed by atoms with Gasteiger partial charge in [0.1, 0.15) is 11.4 Å². The average molecular weight is 337 g/mol. The third-order valence-electron chi connectivity index (χ3n) is 3.55. The molecule has 0 aliphatic heterocycles. The summed E-state index contributed by atoms with van der Waals surface area (Å²) in [6.45, 7) is 9.22. The van der Waals surface area contributed by atoms with Crippen LogP contribution in [0.15, 0.2) is 64.8 Å². The minimum atomic E-state index is -0.380. The molecule has 0 amide bonds. The molecule has 25 heavy (non-hydrogen) atoms. The van der Waals surface area contributed by atoms with E-state index in [0.29, 0.717) is 36.4 Å². The molecule has 2 aromatic carbocycles. The van der Waals surface area contributed by atoms with Crippen LogP contribution in [0.3, 0.4) is 0 Å². The molecule has 129 valence electrons. The molecule has 0 aliphatic carbocycles. The first-order valence-electron chi connectivity index (χ1n) is 7.94. The van der Waals surface area contributed by atoms with Gasteiger partial charge in [-0.3, -0.25) is 0 Å². The number of hydrogen-bond donors (Lipinski definition) is 1. The Morgan fingerprint density at radius 3 is 2.52 bits per heavy atom. The topological polar surface area (TPSA) is 71.2 Å². The molecule has 0 unspecified atom stereocenters. The Bertz CT molecular complexity index is 780. The van der Waals surface area contributed by atoms with Crippen LogP contribution in [0.1, 0.15) is 18.1 Å². The summed E-state index contributed by atoms with van der Waals surface area (Å²) in [5, 5.41) is 18.3. The van der Waals surface area contributed by atoms with Gasteiger partial charge in [-0.05, 0) is 49.6 Å². The Balaban J connectivity index is 1.96. The number of carbonyl (C=O) groups is 1. The second-order valence-corrected chi connectivity index (χ2v) is 5.57. The van der Waals surface area contributed by atoms with Crippen molar-refractivity contribution in [2.45, 2.75) is 19.8 Å². The molecule has 0 aromatic heterocycles. The number of benzene rings is 2. The first-order valence-corrected chi connectivity index (χ1v) is 7.94. The van der Waals surface area contributed by atoms with Crippen LogP contribution in [0, 0.1) is 6.92 Å². The van der Waals surface area contributed by atoms with E-state index in [0.717, 1.165) is 11.1 Å². The van der Waals surface area contributed by atoms with Crippen LogP contribution in [-0.4, -0.2) is 17.7 Å². The molecule has 5 nitrogen and oxygen atoms in total. The molecule has 1 radical (unpaired) electrons. The van der Waals surface area contributed by atoms with Crippen molar-refractivity contribution in [1.29, 1.82) is 0 Å². The molecule has 0 aliphatic rings. The first kappa shape index (κ1) is 18.4. The summed E-state index contributed by atoms with van der Waals surface area (Å²) in [4.78, 5) is 11.3. The van der Waals surface area contributed by atoms with Gasteiger partial charge in [-0.15, -0.1) is 5.11 Å². The Hall–Kier alpha value is -2.95. The predicted molar refractivity (Wildman–Crippen MR) is 97.3 cm³/mol.